The lowest BCUT2D eigenvalue weighted by Crippen LogP contribution is -2.46. The molecule has 5 rings (SSSR count). The van der Waals surface area contributed by atoms with E-state index in [-0.39, 0.29) is 11.8 Å². The highest BCUT2D eigenvalue weighted by molar-refractivity contribution is 5.79. The minimum absolute atomic E-state index is 0.0838. The first kappa shape index (κ1) is 22.4. The molecule has 3 aliphatic heterocycles. The normalized spacial score (nSPS) is 22.9. The van der Waals surface area contributed by atoms with Gasteiger partial charge in [0, 0.05) is 63.5 Å². The van der Waals surface area contributed by atoms with Gasteiger partial charge in [-0.3, -0.25) is 9.69 Å². The van der Waals surface area contributed by atoms with Crippen LogP contribution in [0.25, 0.3) is 0 Å². The number of benzene rings is 2. The number of hydrogen-bond donors (Lipinski definition) is 0. The van der Waals surface area contributed by atoms with E-state index < -0.39 is 0 Å². The van der Waals surface area contributed by atoms with Gasteiger partial charge in [0.15, 0.2) is 0 Å². The predicted molar refractivity (Wildman–Crippen MR) is 128 cm³/mol. The number of carbonyl (C=O) groups excluding carboxylic acids is 1. The van der Waals surface area contributed by atoms with E-state index in [1.165, 1.54) is 11.1 Å². The van der Waals surface area contributed by atoms with Crippen molar-refractivity contribution in [1.29, 1.82) is 0 Å². The molecule has 176 valence electrons. The number of likely N-dealkylation sites (N-methyl/N-ethyl adjacent to an activating group) is 1. The van der Waals surface area contributed by atoms with Crippen molar-refractivity contribution in [3.8, 4) is 5.75 Å². The summed E-state index contributed by atoms with van der Waals surface area (Å²) < 4.78 is 11.5. The van der Waals surface area contributed by atoms with E-state index in [9.17, 15) is 4.79 Å². The zero-order valence-electron chi connectivity index (χ0n) is 19.6. The summed E-state index contributed by atoms with van der Waals surface area (Å²) in [6, 6.07) is 17.7. The minimum Gasteiger partial charge on any atom is -0.491 e. The van der Waals surface area contributed by atoms with Crippen LogP contribution in [0.2, 0.25) is 0 Å². The lowest BCUT2D eigenvalue weighted by molar-refractivity contribution is -0.139. The average molecular weight is 450 g/mol. The quantitative estimate of drug-likeness (QED) is 0.717. The van der Waals surface area contributed by atoms with E-state index in [4.69, 9.17) is 9.47 Å². The molecule has 33 heavy (non-hydrogen) atoms. The molecule has 3 heterocycles. The van der Waals surface area contributed by atoms with Crippen LogP contribution >= 0.6 is 0 Å². The van der Waals surface area contributed by atoms with E-state index in [0.29, 0.717) is 39.0 Å². The summed E-state index contributed by atoms with van der Waals surface area (Å²) in [5.41, 5.74) is 3.77. The third-order valence-electron chi connectivity index (χ3n) is 7.25. The van der Waals surface area contributed by atoms with Gasteiger partial charge in [0.05, 0.1) is 6.54 Å². The zero-order chi connectivity index (χ0) is 22.6. The first-order valence-corrected chi connectivity index (χ1v) is 12.3. The Kier molecular flexibility index (Phi) is 6.95. The van der Waals surface area contributed by atoms with Crippen molar-refractivity contribution in [3.63, 3.8) is 0 Å². The highest BCUT2D eigenvalue weighted by Crippen LogP contribution is 2.30. The number of piperazine rings is 1. The molecular formula is C27H35N3O3. The second-order valence-corrected chi connectivity index (χ2v) is 9.60. The number of hydrogen-bond acceptors (Lipinski definition) is 5. The molecule has 3 aliphatic rings. The molecular weight excluding hydrogens is 414 g/mol. The maximum atomic E-state index is 13.2. The molecule has 0 bridgehead atoms. The number of rotatable bonds is 4. The van der Waals surface area contributed by atoms with Crippen LogP contribution in [0.5, 0.6) is 5.75 Å². The third-order valence-corrected chi connectivity index (χ3v) is 7.25. The molecule has 0 saturated carbocycles. The smallest absolute Gasteiger partial charge is 0.226 e. The van der Waals surface area contributed by atoms with Crippen LogP contribution in [-0.4, -0.2) is 73.7 Å². The van der Waals surface area contributed by atoms with Gasteiger partial charge in [-0.15, -0.1) is 0 Å². The fourth-order valence-corrected chi connectivity index (χ4v) is 5.31. The summed E-state index contributed by atoms with van der Waals surface area (Å²) in [5.74, 6) is 1.25. The fourth-order valence-electron chi connectivity index (χ4n) is 5.31. The van der Waals surface area contributed by atoms with Gasteiger partial charge in [0.25, 0.3) is 0 Å². The molecule has 6 nitrogen and oxygen atoms in total. The molecule has 0 aromatic heterocycles. The number of carbonyl (C=O) groups is 1. The van der Waals surface area contributed by atoms with Crippen LogP contribution < -0.4 is 4.74 Å². The molecule has 2 aromatic carbocycles. The Morgan fingerprint density at radius 3 is 2.64 bits per heavy atom. The predicted octanol–water partition coefficient (Wildman–Crippen LogP) is 3.32. The Bertz CT molecular complexity index is 945. The molecule has 0 N–H and O–H groups in total. The van der Waals surface area contributed by atoms with Gasteiger partial charge in [0.2, 0.25) is 5.91 Å². The highest BCUT2D eigenvalue weighted by Gasteiger charge is 2.29. The third kappa shape index (κ3) is 5.24. The monoisotopic (exact) mass is 449 g/mol. The van der Waals surface area contributed by atoms with E-state index in [2.05, 4.69) is 65.4 Å². The van der Waals surface area contributed by atoms with Crippen LogP contribution in [-0.2, 0) is 22.6 Å². The Hall–Kier alpha value is -2.41. The van der Waals surface area contributed by atoms with E-state index >= 15 is 0 Å². The maximum Gasteiger partial charge on any atom is 0.226 e. The number of fused-ring (bicyclic) bond motifs is 1. The fraction of sp³-hybridized carbons (Fsp3) is 0.519. The average Bonchev–Trinajstić information content (AvgIpc) is 3.08. The van der Waals surface area contributed by atoms with Crippen LogP contribution in [0.15, 0.2) is 48.5 Å². The molecule has 2 fully saturated rings. The molecule has 1 atom stereocenters. The van der Waals surface area contributed by atoms with Gasteiger partial charge in [-0.1, -0.05) is 36.4 Å². The van der Waals surface area contributed by atoms with Gasteiger partial charge in [0.1, 0.15) is 12.4 Å². The van der Waals surface area contributed by atoms with Crippen molar-refractivity contribution in [1.82, 2.24) is 14.7 Å². The summed E-state index contributed by atoms with van der Waals surface area (Å²) in [4.78, 5) is 20.1. The molecule has 0 unspecified atom stereocenters. The molecule has 2 saturated heterocycles. The van der Waals surface area contributed by atoms with Crippen molar-refractivity contribution >= 4 is 5.91 Å². The molecule has 1 amide bonds. The topological polar surface area (TPSA) is 45.2 Å². The number of amides is 1. The minimum atomic E-state index is 0.0838. The first-order valence-electron chi connectivity index (χ1n) is 12.3. The lowest BCUT2D eigenvalue weighted by Gasteiger charge is -2.40. The zero-order valence-corrected chi connectivity index (χ0v) is 19.6. The van der Waals surface area contributed by atoms with E-state index in [1.54, 1.807) is 0 Å². The first-order chi connectivity index (χ1) is 16.2. The Morgan fingerprint density at radius 1 is 1.00 bits per heavy atom. The van der Waals surface area contributed by atoms with Crippen LogP contribution in [0.1, 0.15) is 35.6 Å². The molecule has 0 aliphatic carbocycles. The Labute approximate surface area is 197 Å². The van der Waals surface area contributed by atoms with E-state index in [1.807, 2.05) is 4.90 Å². The molecule has 0 spiro atoms. The van der Waals surface area contributed by atoms with Crippen molar-refractivity contribution in [2.24, 2.45) is 5.92 Å². The lowest BCUT2D eigenvalue weighted by atomic mass is 9.98. The van der Waals surface area contributed by atoms with Crippen molar-refractivity contribution in [3.05, 3.63) is 65.2 Å². The van der Waals surface area contributed by atoms with Gasteiger partial charge < -0.3 is 19.3 Å². The van der Waals surface area contributed by atoms with Crippen LogP contribution in [0, 0.1) is 5.92 Å². The second-order valence-electron chi connectivity index (χ2n) is 9.60. The maximum absolute atomic E-state index is 13.2. The van der Waals surface area contributed by atoms with Gasteiger partial charge >= 0.3 is 0 Å². The number of ether oxygens (including phenoxy) is 2. The van der Waals surface area contributed by atoms with Crippen LogP contribution in [0.4, 0.5) is 0 Å². The largest absolute Gasteiger partial charge is 0.491 e. The van der Waals surface area contributed by atoms with Crippen molar-refractivity contribution in [2.45, 2.75) is 32.0 Å². The van der Waals surface area contributed by atoms with E-state index in [0.717, 1.165) is 50.3 Å². The summed E-state index contributed by atoms with van der Waals surface area (Å²) in [6.45, 7) is 7.25. The molecule has 2 aromatic rings. The SMILES string of the molecule is CN1CCN(Cc2ccc3c(c2)CN(C(=O)C2CCOCC2)CCO3)[C@@H](c2ccccc2)C1. The molecule has 6 heteroatoms. The number of nitrogens with zero attached hydrogens (tertiary/aromatic N) is 3. The standard InChI is InChI=1S/C27H35N3O3/c1-28-11-12-29(25(20-28)22-5-3-2-4-6-22)18-21-7-8-26-24(17-21)19-30(13-16-33-26)27(31)23-9-14-32-15-10-23/h2-8,17,23,25H,9-16,18-20H2,1H3/t25-/m1/s1. The van der Waals surface area contributed by atoms with Crippen LogP contribution in [0.3, 0.4) is 0 Å². The Balaban J connectivity index is 1.32. The van der Waals surface area contributed by atoms with Gasteiger partial charge in [-0.2, -0.15) is 0 Å². The highest BCUT2D eigenvalue weighted by atomic mass is 16.5. The summed E-state index contributed by atoms with van der Waals surface area (Å²) in [5, 5.41) is 0. The summed E-state index contributed by atoms with van der Waals surface area (Å²) in [6.07, 6.45) is 1.65. The summed E-state index contributed by atoms with van der Waals surface area (Å²) >= 11 is 0. The van der Waals surface area contributed by atoms with Gasteiger partial charge in [-0.05, 0) is 43.1 Å². The molecule has 0 radical (unpaired) electrons. The summed E-state index contributed by atoms with van der Waals surface area (Å²) in [7, 11) is 2.21. The van der Waals surface area contributed by atoms with Crippen molar-refractivity contribution in [2.75, 3.05) is 53.0 Å². The van der Waals surface area contributed by atoms with Crippen molar-refractivity contribution < 1.29 is 14.3 Å². The Morgan fingerprint density at radius 2 is 1.82 bits per heavy atom. The van der Waals surface area contributed by atoms with Gasteiger partial charge in [-0.25, -0.2) is 0 Å². The second kappa shape index (κ2) is 10.2.